The van der Waals surface area contributed by atoms with Crippen LogP contribution in [0.3, 0.4) is 0 Å². The van der Waals surface area contributed by atoms with E-state index in [2.05, 4.69) is 26.2 Å². The number of benzene rings is 1. The molecule has 1 aromatic carbocycles. The molecule has 2 heterocycles. The summed E-state index contributed by atoms with van der Waals surface area (Å²) >= 11 is 3.49. The molecule has 1 fully saturated rings. The smallest absolute Gasteiger partial charge is 0.382 e. The molecule has 1 aliphatic rings. The van der Waals surface area contributed by atoms with Crippen LogP contribution < -0.4 is 5.32 Å². The van der Waals surface area contributed by atoms with Gasteiger partial charge in [-0.05, 0) is 37.0 Å². The van der Waals surface area contributed by atoms with E-state index in [1.165, 1.54) is 0 Å². The Balaban J connectivity index is 1.60. The predicted molar refractivity (Wildman–Crippen MR) is 94.9 cm³/mol. The van der Waals surface area contributed by atoms with Gasteiger partial charge in [0.1, 0.15) is 0 Å². The Bertz CT molecular complexity index is 793. The Labute approximate surface area is 156 Å². The molecule has 0 aliphatic carbocycles. The molecule has 2 unspecified atom stereocenters. The van der Waals surface area contributed by atoms with Crippen LogP contribution in [0.2, 0.25) is 0 Å². The fraction of sp³-hybridized carbons (Fsp3) is 0.471. The number of hydrogen-bond donors (Lipinski definition) is 3. The Hall–Kier alpha value is -1.74. The van der Waals surface area contributed by atoms with Gasteiger partial charge in [0.05, 0.1) is 6.04 Å². The van der Waals surface area contributed by atoms with Crippen LogP contribution in [0, 0.1) is 0 Å². The van der Waals surface area contributed by atoms with Gasteiger partial charge in [0, 0.05) is 34.7 Å². The molecule has 0 saturated carbocycles. The molecule has 9 heteroatoms. The first-order valence-corrected chi connectivity index (χ1v) is 9.12. The SMILES string of the molecule is O=C(NCCc1c[nH]c2cccc(Br)c12)N1CCCC1C(O)C(F)(F)F. The lowest BCUT2D eigenvalue weighted by molar-refractivity contribution is -0.216. The average molecular weight is 434 g/mol. The first kappa shape index (κ1) is 19.0. The van der Waals surface area contributed by atoms with Crippen molar-refractivity contribution in [1.82, 2.24) is 15.2 Å². The molecule has 5 nitrogen and oxygen atoms in total. The van der Waals surface area contributed by atoms with Gasteiger partial charge in [-0.3, -0.25) is 0 Å². The maximum atomic E-state index is 12.7. The van der Waals surface area contributed by atoms with Crippen LogP contribution in [-0.2, 0) is 6.42 Å². The molecule has 2 aromatic rings. The summed E-state index contributed by atoms with van der Waals surface area (Å²) in [5.74, 6) is 0. The summed E-state index contributed by atoms with van der Waals surface area (Å²) in [5, 5.41) is 13.2. The summed E-state index contributed by atoms with van der Waals surface area (Å²) in [4.78, 5) is 16.5. The third kappa shape index (κ3) is 3.83. The lowest BCUT2D eigenvalue weighted by Gasteiger charge is -2.29. The van der Waals surface area contributed by atoms with Crippen molar-refractivity contribution in [3.05, 3.63) is 34.4 Å². The fourth-order valence-electron chi connectivity index (χ4n) is 3.40. The largest absolute Gasteiger partial charge is 0.416 e. The highest BCUT2D eigenvalue weighted by Gasteiger charge is 2.48. The summed E-state index contributed by atoms with van der Waals surface area (Å²) in [7, 11) is 0. The molecule has 3 N–H and O–H groups in total. The van der Waals surface area contributed by atoms with E-state index in [1.807, 2.05) is 24.4 Å². The zero-order chi connectivity index (χ0) is 18.9. The molecule has 2 atom stereocenters. The second kappa shape index (κ2) is 7.48. The second-order valence-electron chi connectivity index (χ2n) is 6.35. The second-order valence-corrected chi connectivity index (χ2v) is 7.20. The number of fused-ring (bicyclic) bond motifs is 1. The zero-order valence-electron chi connectivity index (χ0n) is 13.8. The Kier molecular flexibility index (Phi) is 5.47. The Morgan fingerprint density at radius 3 is 2.96 bits per heavy atom. The lowest BCUT2D eigenvalue weighted by atomic mass is 10.1. The Morgan fingerprint density at radius 1 is 1.46 bits per heavy atom. The standard InChI is InChI=1S/C17H19BrF3N3O2/c18-11-3-1-4-12-14(11)10(9-23-12)6-7-22-16(26)24-8-2-5-13(24)15(25)17(19,20)21/h1,3-4,9,13,15,23,25H,2,5-8H2,(H,22,26). The number of aliphatic hydroxyl groups excluding tert-OH is 1. The van der Waals surface area contributed by atoms with Gasteiger partial charge in [-0.1, -0.05) is 22.0 Å². The Morgan fingerprint density at radius 2 is 2.23 bits per heavy atom. The van der Waals surface area contributed by atoms with Crippen LogP contribution in [0.25, 0.3) is 10.9 Å². The number of aromatic amines is 1. The van der Waals surface area contributed by atoms with Crippen molar-refractivity contribution >= 4 is 32.9 Å². The third-order valence-electron chi connectivity index (χ3n) is 4.67. The number of aliphatic hydroxyl groups is 1. The average Bonchev–Trinajstić information content (AvgIpc) is 3.21. The van der Waals surface area contributed by atoms with Crippen molar-refractivity contribution in [2.45, 2.75) is 37.6 Å². The number of halogens is 4. The van der Waals surface area contributed by atoms with E-state index in [1.54, 1.807) is 0 Å². The third-order valence-corrected chi connectivity index (χ3v) is 5.33. The number of carbonyl (C=O) groups excluding carboxylic acids is 1. The van der Waals surface area contributed by atoms with Crippen LogP contribution in [0.5, 0.6) is 0 Å². The summed E-state index contributed by atoms with van der Waals surface area (Å²) in [6.45, 7) is 0.501. The molecule has 0 bridgehead atoms. The van der Waals surface area contributed by atoms with Crippen molar-refractivity contribution in [2.24, 2.45) is 0 Å². The van der Waals surface area contributed by atoms with Gasteiger partial charge < -0.3 is 20.3 Å². The van der Waals surface area contributed by atoms with Crippen LogP contribution in [-0.4, -0.2) is 52.4 Å². The summed E-state index contributed by atoms with van der Waals surface area (Å²) in [6.07, 6.45) is -4.27. The molecule has 1 aromatic heterocycles. The highest BCUT2D eigenvalue weighted by molar-refractivity contribution is 9.10. The van der Waals surface area contributed by atoms with Crippen LogP contribution >= 0.6 is 15.9 Å². The van der Waals surface area contributed by atoms with Gasteiger partial charge in [-0.2, -0.15) is 13.2 Å². The summed E-state index contributed by atoms with van der Waals surface area (Å²) in [5.41, 5.74) is 1.97. The molecule has 2 amide bonds. The van der Waals surface area contributed by atoms with E-state index in [-0.39, 0.29) is 13.0 Å². The van der Waals surface area contributed by atoms with E-state index in [4.69, 9.17) is 0 Å². The van der Waals surface area contributed by atoms with Gasteiger partial charge >= 0.3 is 12.2 Å². The molecule has 3 rings (SSSR count). The van der Waals surface area contributed by atoms with Gasteiger partial charge in [0.25, 0.3) is 0 Å². The normalized spacial score (nSPS) is 19.1. The number of alkyl halides is 3. The minimum absolute atomic E-state index is 0.142. The maximum absolute atomic E-state index is 12.7. The van der Waals surface area contributed by atoms with Gasteiger partial charge in [0.2, 0.25) is 0 Å². The predicted octanol–water partition coefficient (Wildman–Crippen LogP) is 3.57. The molecule has 0 spiro atoms. The van der Waals surface area contributed by atoms with Gasteiger partial charge in [0.15, 0.2) is 6.10 Å². The van der Waals surface area contributed by atoms with Crippen LogP contribution in [0.1, 0.15) is 18.4 Å². The number of hydrogen-bond acceptors (Lipinski definition) is 2. The highest BCUT2D eigenvalue weighted by Crippen LogP contribution is 2.30. The van der Waals surface area contributed by atoms with Crippen molar-refractivity contribution in [1.29, 1.82) is 0 Å². The van der Waals surface area contributed by atoms with E-state index < -0.39 is 24.4 Å². The number of likely N-dealkylation sites (tertiary alicyclic amines) is 1. The molecule has 142 valence electrons. The number of aromatic nitrogens is 1. The minimum Gasteiger partial charge on any atom is -0.382 e. The van der Waals surface area contributed by atoms with Gasteiger partial charge in [-0.25, -0.2) is 4.79 Å². The number of carbonyl (C=O) groups is 1. The molecule has 26 heavy (non-hydrogen) atoms. The topological polar surface area (TPSA) is 68.4 Å². The number of urea groups is 1. The number of nitrogens with one attached hydrogen (secondary N) is 2. The van der Waals surface area contributed by atoms with E-state index in [0.717, 1.165) is 25.8 Å². The minimum atomic E-state index is -4.73. The molecule has 1 aliphatic heterocycles. The van der Waals surface area contributed by atoms with Crippen molar-refractivity contribution in [3.63, 3.8) is 0 Å². The monoisotopic (exact) mass is 433 g/mol. The van der Waals surface area contributed by atoms with E-state index in [0.29, 0.717) is 19.4 Å². The van der Waals surface area contributed by atoms with E-state index >= 15 is 0 Å². The number of amides is 2. The summed E-state index contributed by atoms with van der Waals surface area (Å²) < 4.78 is 39.2. The molecule has 0 radical (unpaired) electrons. The first-order chi connectivity index (χ1) is 12.3. The van der Waals surface area contributed by atoms with Crippen molar-refractivity contribution in [2.75, 3.05) is 13.1 Å². The highest BCUT2D eigenvalue weighted by atomic mass is 79.9. The summed E-state index contributed by atoms with van der Waals surface area (Å²) in [6, 6.07) is 3.97. The number of nitrogens with zero attached hydrogens (tertiary/aromatic N) is 1. The first-order valence-electron chi connectivity index (χ1n) is 8.33. The molecular formula is C17H19BrF3N3O2. The number of rotatable bonds is 4. The number of H-pyrrole nitrogens is 1. The van der Waals surface area contributed by atoms with E-state index in [9.17, 15) is 23.1 Å². The van der Waals surface area contributed by atoms with Crippen molar-refractivity contribution in [3.8, 4) is 0 Å². The molecule has 1 saturated heterocycles. The van der Waals surface area contributed by atoms with Gasteiger partial charge in [-0.15, -0.1) is 0 Å². The van der Waals surface area contributed by atoms with Crippen LogP contribution in [0.4, 0.5) is 18.0 Å². The zero-order valence-corrected chi connectivity index (χ0v) is 15.4. The van der Waals surface area contributed by atoms with Crippen molar-refractivity contribution < 1.29 is 23.1 Å². The fourth-order valence-corrected chi connectivity index (χ4v) is 4.02. The maximum Gasteiger partial charge on any atom is 0.416 e. The lowest BCUT2D eigenvalue weighted by Crippen LogP contribution is -2.52. The quantitative estimate of drug-likeness (QED) is 0.689. The molecular weight excluding hydrogens is 415 g/mol. The van der Waals surface area contributed by atoms with Crippen LogP contribution in [0.15, 0.2) is 28.9 Å².